The molecule has 0 aliphatic rings. The number of halogens is 1. The fourth-order valence-corrected chi connectivity index (χ4v) is 3.98. The average Bonchev–Trinajstić information content (AvgIpc) is 2.94. The molecule has 0 aromatic heterocycles. The zero-order valence-corrected chi connectivity index (χ0v) is 24.8. The van der Waals surface area contributed by atoms with E-state index in [0.29, 0.717) is 23.0 Å². The van der Waals surface area contributed by atoms with Crippen molar-refractivity contribution in [2.75, 3.05) is 31.3 Å². The van der Waals surface area contributed by atoms with Crippen LogP contribution in [-0.4, -0.2) is 48.9 Å². The summed E-state index contributed by atoms with van der Waals surface area (Å²) < 4.78 is 22.8. The van der Waals surface area contributed by atoms with Gasteiger partial charge in [0.15, 0.2) is 6.61 Å². The summed E-state index contributed by atoms with van der Waals surface area (Å²) in [6, 6.07) is 15.1. The molecule has 0 aliphatic heterocycles. The molecule has 0 saturated heterocycles. The van der Waals surface area contributed by atoms with Crippen LogP contribution in [0.15, 0.2) is 86.5 Å². The normalized spacial score (nSPS) is 9.12. The fraction of sp³-hybridized carbons (Fsp3) is 0.310. The topological polar surface area (TPSA) is 105 Å². The number of carbonyl (C=O) groups is 2. The molecule has 0 fully saturated rings. The van der Waals surface area contributed by atoms with Gasteiger partial charge in [0, 0.05) is 17.1 Å². The van der Waals surface area contributed by atoms with Crippen molar-refractivity contribution in [3.63, 3.8) is 0 Å². The van der Waals surface area contributed by atoms with E-state index < -0.39 is 17.7 Å². The number of ether oxygens (including phenoxy) is 2. The van der Waals surface area contributed by atoms with E-state index >= 15 is 0 Å². The third kappa shape index (κ3) is 22.4. The molecule has 220 valence electrons. The molecule has 0 atom stereocenters. The lowest BCUT2D eigenvalue weighted by Crippen LogP contribution is -2.13. The second-order valence-corrected chi connectivity index (χ2v) is 10.2. The Hall–Kier alpha value is -3.57. The Balaban J connectivity index is 0. The van der Waals surface area contributed by atoms with Crippen LogP contribution < -0.4 is 0 Å². The van der Waals surface area contributed by atoms with Crippen LogP contribution in [0.25, 0.3) is 11.1 Å². The van der Waals surface area contributed by atoms with Gasteiger partial charge in [0.1, 0.15) is 19.0 Å². The second kappa shape index (κ2) is 27.0. The fourth-order valence-electron chi connectivity index (χ4n) is 2.34. The summed E-state index contributed by atoms with van der Waals surface area (Å²) >= 11 is 0. The van der Waals surface area contributed by atoms with Crippen LogP contribution in [0.3, 0.4) is 0 Å². The number of carbonyl (C=O) groups excluding carboxylic acids is 2. The van der Waals surface area contributed by atoms with E-state index in [1.807, 2.05) is 49.4 Å². The van der Waals surface area contributed by atoms with Crippen molar-refractivity contribution in [1.82, 2.24) is 0 Å². The van der Waals surface area contributed by atoms with Crippen molar-refractivity contribution < 1.29 is 33.4 Å². The van der Waals surface area contributed by atoms with E-state index in [9.17, 15) is 24.1 Å². The van der Waals surface area contributed by atoms with E-state index in [1.54, 1.807) is 24.3 Å². The predicted molar refractivity (Wildman–Crippen MR) is 163 cm³/mol. The third-order valence-corrected chi connectivity index (χ3v) is 6.39. The summed E-state index contributed by atoms with van der Waals surface area (Å²) in [4.78, 5) is 34.4. The molecule has 0 N–H and O–H groups in total. The Morgan fingerprint density at radius 1 is 1.05 bits per heavy atom. The number of benzene rings is 2. The minimum atomic E-state index is -0.847. The Morgan fingerprint density at radius 2 is 1.62 bits per heavy atom. The first-order chi connectivity index (χ1) is 19.2. The molecule has 2 rings (SSSR count). The number of nitrogens with zero attached hydrogens (tertiary/aromatic N) is 1. The number of hydrogen-bond acceptors (Lipinski definition) is 9. The summed E-state index contributed by atoms with van der Waals surface area (Å²) in [6.07, 6.45) is 5.03. The Bertz CT molecular complexity index is 999. The Labute approximate surface area is 244 Å². The van der Waals surface area contributed by atoms with Gasteiger partial charge in [-0.1, -0.05) is 109 Å². The molecule has 0 spiro atoms. The minimum absolute atomic E-state index is 0.0254. The van der Waals surface area contributed by atoms with Gasteiger partial charge in [-0.2, -0.15) is 0 Å². The van der Waals surface area contributed by atoms with Crippen LogP contribution in [0, 0.1) is 15.9 Å². The van der Waals surface area contributed by atoms with Crippen molar-refractivity contribution in [3.8, 4) is 11.1 Å². The van der Waals surface area contributed by atoms with Gasteiger partial charge in [-0.05, 0) is 30.0 Å². The molecule has 0 amide bonds. The standard InChI is InChI=1S/C15H15F.C7H11NO7S2.C4H6.C3H6/c1-11(2)13-8-9-14(15(16)10-13)12-6-4-3-5-7-12;9-6-13-5-7(10)14-1-3-16-17-4-2-15-8(11)12;1-3-4-2;1-3-2/h3-11H,1-2H3;6H,1-5H2;3-4H,1-2H2;3H,1H2,2H3. The highest BCUT2D eigenvalue weighted by Gasteiger charge is 2.07. The number of esters is 1. The average molecular weight is 596 g/mol. The lowest BCUT2D eigenvalue weighted by atomic mass is 9.98. The van der Waals surface area contributed by atoms with Crippen LogP contribution in [0.4, 0.5) is 4.39 Å². The SMILES string of the molecule is C=CC.C=CC=C.CC(C)c1ccc(-c2ccccc2)c(F)c1.O=COCC(=O)OCCSSCCO[N+](=O)[O-]. The molecule has 0 unspecified atom stereocenters. The minimum Gasteiger partial charge on any atom is -0.462 e. The van der Waals surface area contributed by atoms with Crippen LogP contribution >= 0.6 is 21.6 Å². The predicted octanol–water partition coefficient (Wildman–Crippen LogP) is 7.46. The van der Waals surface area contributed by atoms with Gasteiger partial charge in [-0.15, -0.1) is 16.7 Å². The van der Waals surface area contributed by atoms with E-state index in [-0.39, 0.29) is 25.5 Å². The highest BCUT2D eigenvalue weighted by molar-refractivity contribution is 8.76. The maximum atomic E-state index is 13.9. The van der Waals surface area contributed by atoms with Crippen LogP contribution in [0.2, 0.25) is 0 Å². The van der Waals surface area contributed by atoms with Gasteiger partial charge in [-0.3, -0.25) is 4.79 Å². The monoisotopic (exact) mass is 595 g/mol. The first-order valence-electron chi connectivity index (χ1n) is 12.1. The van der Waals surface area contributed by atoms with Gasteiger partial charge >= 0.3 is 5.97 Å². The smallest absolute Gasteiger partial charge is 0.344 e. The lowest BCUT2D eigenvalue weighted by molar-refractivity contribution is -0.756. The van der Waals surface area contributed by atoms with Crippen LogP contribution in [-0.2, 0) is 23.9 Å². The molecule has 11 heteroatoms. The maximum Gasteiger partial charge on any atom is 0.344 e. The number of rotatable bonds is 14. The van der Waals surface area contributed by atoms with Gasteiger partial charge in [0.05, 0.1) is 0 Å². The van der Waals surface area contributed by atoms with Crippen molar-refractivity contribution in [3.05, 3.63) is 108 Å². The number of hydrogen-bond donors (Lipinski definition) is 0. The van der Waals surface area contributed by atoms with Crippen molar-refractivity contribution in [2.45, 2.75) is 26.7 Å². The first kappa shape index (κ1) is 38.6. The Kier molecular flexibility index (Phi) is 26.1. The molecule has 2 aromatic carbocycles. The molecular weight excluding hydrogens is 557 g/mol. The van der Waals surface area contributed by atoms with Crippen molar-refractivity contribution in [2.24, 2.45) is 0 Å². The number of allylic oxidation sites excluding steroid dienone is 3. The summed E-state index contributed by atoms with van der Waals surface area (Å²) in [5.74, 6) is 0.611. The quantitative estimate of drug-likeness (QED) is 0.0322. The second-order valence-electron chi connectivity index (χ2n) is 7.47. The highest BCUT2D eigenvalue weighted by atomic mass is 33.1. The highest BCUT2D eigenvalue weighted by Crippen LogP contribution is 2.25. The largest absolute Gasteiger partial charge is 0.462 e. The van der Waals surface area contributed by atoms with Crippen LogP contribution in [0.5, 0.6) is 0 Å². The molecule has 2 aromatic rings. The summed E-state index contributed by atoms with van der Waals surface area (Å²) in [5.41, 5.74) is 2.64. The summed E-state index contributed by atoms with van der Waals surface area (Å²) in [6.45, 7) is 16.1. The molecule has 0 aliphatic carbocycles. The molecular formula is C29H38FNO7S2. The maximum absolute atomic E-state index is 13.9. The molecule has 0 saturated carbocycles. The molecule has 0 bridgehead atoms. The van der Waals surface area contributed by atoms with Crippen LogP contribution in [0.1, 0.15) is 32.3 Å². The van der Waals surface area contributed by atoms with E-state index in [4.69, 9.17) is 4.74 Å². The lowest BCUT2D eigenvalue weighted by Gasteiger charge is -2.08. The third-order valence-electron chi connectivity index (χ3n) is 4.06. The van der Waals surface area contributed by atoms with Crippen molar-refractivity contribution in [1.29, 1.82) is 0 Å². The van der Waals surface area contributed by atoms with E-state index in [2.05, 4.69) is 43.2 Å². The zero-order valence-electron chi connectivity index (χ0n) is 23.2. The molecule has 8 nitrogen and oxygen atoms in total. The molecule has 0 heterocycles. The van der Waals surface area contributed by atoms with E-state index in [1.165, 1.54) is 21.6 Å². The Morgan fingerprint density at radius 3 is 2.10 bits per heavy atom. The van der Waals surface area contributed by atoms with Gasteiger partial charge in [0.25, 0.3) is 11.6 Å². The molecule has 40 heavy (non-hydrogen) atoms. The molecule has 0 radical (unpaired) electrons. The van der Waals surface area contributed by atoms with Gasteiger partial charge in [0.2, 0.25) is 0 Å². The zero-order chi connectivity index (χ0) is 30.6. The van der Waals surface area contributed by atoms with Crippen molar-refractivity contribution >= 4 is 34.0 Å². The van der Waals surface area contributed by atoms with Gasteiger partial charge < -0.3 is 14.3 Å². The first-order valence-corrected chi connectivity index (χ1v) is 14.5. The summed E-state index contributed by atoms with van der Waals surface area (Å²) in [7, 11) is 2.77. The summed E-state index contributed by atoms with van der Waals surface area (Å²) in [5, 5.41) is 8.92. The van der Waals surface area contributed by atoms with E-state index in [0.717, 1.165) is 11.1 Å². The van der Waals surface area contributed by atoms with Gasteiger partial charge in [-0.25, -0.2) is 9.18 Å².